The fourth-order valence-corrected chi connectivity index (χ4v) is 4.05. The molecule has 1 fully saturated rings. The Morgan fingerprint density at radius 1 is 1.48 bits per heavy atom. The topological polar surface area (TPSA) is 60.2 Å². The van der Waals surface area contributed by atoms with Gasteiger partial charge in [0.2, 0.25) is 0 Å². The Balaban J connectivity index is 1.79. The third kappa shape index (κ3) is 3.24. The van der Waals surface area contributed by atoms with Crippen molar-refractivity contribution < 1.29 is 9.53 Å². The van der Waals surface area contributed by atoms with Gasteiger partial charge < -0.3 is 14.2 Å². The largest absolute Gasteiger partial charge is 0.462 e. The number of rotatable bonds is 5. The Morgan fingerprint density at radius 2 is 2.30 bits per heavy atom. The molecule has 2 aromatic rings. The molecule has 124 valence electrons. The standard InChI is InChI=1S/C16H22N4O2S/c1-4-22-15(21)14-11(2)18-16(23-14)20-8-5-6-13(20)10-19-9-7-17-12(19)3/h7,9,13H,4-6,8,10H2,1-3H3/t13-/m0/s1. The van der Waals surface area contributed by atoms with Crippen LogP contribution in [0.4, 0.5) is 5.13 Å². The van der Waals surface area contributed by atoms with Gasteiger partial charge in [-0.15, -0.1) is 0 Å². The van der Waals surface area contributed by atoms with Gasteiger partial charge in [-0.25, -0.2) is 14.8 Å². The van der Waals surface area contributed by atoms with E-state index in [4.69, 9.17) is 4.74 Å². The molecule has 1 atom stereocenters. The SMILES string of the molecule is CCOC(=O)c1sc(N2CCC[C@H]2Cn2ccnc2C)nc1C. The number of anilines is 1. The Bertz CT molecular complexity index is 694. The molecule has 23 heavy (non-hydrogen) atoms. The first-order valence-electron chi connectivity index (χ1n) is 7.99. The van der Waals surface area contributed by atoms with E-state index in [0.717, 1.165) is 42.6 Å². The van der Waals surface area contributed by atoms with Crippen molar-refractivity contribution in [3.8, 4) is 0 Å². The van der Waals surface area contributed by atoms with Gasteiger partial charge in [0.15, 0.2) is 5.13 Å². The highest BCUT2D eigenvalue weighted by molar-refractivity contribution is 7.17. The number of hydrogen-bond acceptors (Lipinski definition) is 6. The van der Waals surface area contributed by atoms with Crippen LogP contribution in [0.1, 0.15) is 41.0 Å². The first-order chi connectivity index (χ1) is 11.1. The minimum atomic E-state index is -0.269. The second-order valence-corrected chi connectivity index (χ2v) is 6.73. The van der Waals surface area contributed by atoms with Crippen LogP contribution in [-0.2, 0) is 11.3 Å². The fraction of sp³-hybridized carbons (Fsp3) is 0.562. The summed E-state index contributed by atoms with van der Waals surface area (Å²) in [4.78, 5) is 23.8. The molecular formula is C16H22N4O2S. The second-order valence-electron chi connectivity index (χ2n) is 5.75. The quantitative estimate of drug-likeness (QED) is 0.787. The minimum absolute atomic E-state index is 0.269. The summed E-state index contributed by atoms with van der Waals surface area (Å²) in [5.74, 6) is 0.759. The van der Waals surface area contributed by atoms with E-state index in [1.54, 1.807) is 0 Å². The maximum Gasteiger partial charge on any atom is 0.350 e. The van der Waals surface area contributed by atoms with Gasteiger partial charge >= 0.3 is 5.97 Å². The Labute approximate surface area is 140 Å². The van der Waals surface area contributed by atoms with Gasteiger partial charge in [-0.2, -0.15) is 0 Å². The molecule has 0 spiro atoms. The number of imidazole rings is 1. The maximum absolute atomic E-state index is 12.0. The molecule has 0 amide bonds. The number of carbonyl (C=O) groups is 1. The summed E-state index contributed by atoms with van der Waals surface area (Å²) in [6.07, 6.45) is 6.13. The van der Waals surface area contributed by atoms with E-state index in [-0.39, 0.29) is 5.97 Å². The van der Waals surface area contributed by atoms with Crippen molar-refractivity contribution in [3.05, 3.63) is 28.8 Å². The molecule has 0 radical (unpaired) electrons. The molecule has 1 saturated heterocycles. The molecule has 3 rings (SSSR count). The number of ether oxygens (including phenoxy) is 1. The number of aromatic nitrogens is 3. The fourth-order valence-electron chi connectivity index (χ4n) is 2.99. The van der Waals surface area contributed by atoms with Crippen molar-refractivity contribution in [2.45, 2.75) is 46.2 Å². The van der Waals surface area contributed by atoms with Crippen LogP contribution in [0.25, 0.3) is 0 Å². The molecule has 7 heteroatoms. The van der Waals surface area contributed by atoms with Gasteiger partial charge in [-0.05, 0) is 33.6 Å². The lowest BCUT2D eigenvalue weighted by atomic mass is 10.2. The van der Waals surface area contributed by atoms with Crippen LogP contribution >= 0.6 is 11.3 Å². The van der Waals surface area contributed by atoms with Crippen molar-refractivity contribution in [3.63, 3.8) is 0 Å². The molecule has 1 aliphatic rings. The van der Waals surface area contributed by atoms with Gasteiger partial charge in [0.25, 0.3) is 0 Å². The van der Waals surface area contributed by atoms with Crippen molar-refractivity contribution in [1.82, 2.24) is 14.5 Å². The number of carbonyl (C=O) groups excluding carboxylic acids is 1. The van der Waals surface area contributed by atoms with E-state index < -0.39 is 0 Å². The number of aryl methyl sites for hydroxylation is 2. The molecule has 2 aromatic heterocycles. The molecule has 0 saturated carbocycles. The number of thiazole rings is 1. The highest BCUT2D eigenvalue weighted by atomic mass is 32.1. The summed E-state index contributed by atoms with van der Waals surface area (Å²) in [5.41, 5.74) is 0.757. The van der Waals surface area contributed by atoms with Crippen molar-refractivity contribution >= 4 is 22.4 Å². The van der Waals surface area contributed by atoms with Crippen LogP contribution < -0.4 is 4.90 Å². The first-order valence-corrected chi connectivity index (χ1v) is 8.80. The van der Waals surface area contributed by atoms with Gasteiger partial charge in [-0.1, -0.05) is 11.3 Å². The molecule has 0 bridgehead atoms. The third-order valence-corrected chi connectivity index (χ3v) is 5.37. The number of nitrogens with zero attached hydrogens (tertiary/aromatic N) is 4. The van der Waals surface area contributed by atoms with Crippen molar-refractivity contribution in [2.24, 2.45) is 0 Å². The third-order valence-electron chi connectivity index (χ3n) is 4.20. The molecule has 3 heterocycles. The first kappa shape index (κ1) is 16.0. The Kier molecular flexibility index (Phi) is 4.66. The van der Waals surface area contributed by atoms with E-state index in [0.29, 0.717) is 17.5 Å². The maximum atomic E-state index is 12.0. The Morgan fingerprint density at radius 3 is 3.00 bits per heavy atom. The predicted molar refractivity (Wildman–Crippen MR) is 90.1 cm³/mol. The molecular weight excluding hydrogens is 312 g/mol. The summed E-state index contributed by atoms with van der Waals surface area (Å²) in [6, 6.07) is 0.392. The van der Waals surface area contributed by atoms with Crippen LogP contribution in [0.2, 0.25) is 0 Å². The van der Waals surface area contributed by atoms with Crippen LogP contribution in [0, 0.1) is 13.8 Å². The van der Waals surface area contributed by atoms with Gasteiger partial charge in [0.1, 0.15) is 10.7 Å². The Hall–Kier alpha value is -1.89. The van der Waals surface area contributed by atoms with Gasteiger partial charge in [0, 0.05) is 31.5 Å². The zero-order chi connectivity index (χ0) is 16.4. The van der Waals surface area contributed by atoms with Crippen LogP contribution in [0.5, 0.6) is 0 Å². The number of hydrogen-bond donors (Lipinski definition) is 0. The molecule has 0 unspecified atom stereocenters. The van der Waals surface area contributed by atoms with Crippen LogP contribution in [-0.4, -0.2) is 39.7 Å². The monoisotopic (exact) mass is 334 g/mol. The smallest absolute Gasteiger partial charge is 0.350 e. The average molecular weight is 334 g/mol. The lowest BCUT2D eigenvalue weighted by Gasteiger charge is -2.24. The van der Waals surface area contributed by atoms with E-state index in [1.165, 1.54) is 11.3 Å². The van der Waals surface area contributed by atoms with Gasteiger partial charge in [-0.3, -0.25) is 0 Å². The van der Waals surface area contributed by atoms with E-state index in [1.807, 2.05) is 33.2 Å². The molecule has 0 aromatic carbocycles. The summed E-state index contributed by atoms with van der Waals surface area (Å²) < 4.78 is 7.29. The lowest BCUT2D eigenvalue weighted by molar-refractivity contribution is 0.0531. The van der Waals surface area contributed by atoms with Crippen molar-refractivity contribution in [1.29, 1.82) is 0 Å². The summed E-state index contributed by atoms with van der Waals surface area (Å²) in [5, 5.41) is 0.922. The second kappa shape index (κ2) is 6.70. The zero-order valence-corrected chi connectivity index (χ0v) is 14.6. The highest BCUT2D eigenvalue weighted by Crippen LogP contribution is 2.32. The summed E-state index contributed by atoms with van der Waals surface area (Å²) in [7, 11) is 0. The van der Waals surface area contributed by atoms with E-state index >= 15 is 0 Å². The molecule has 1 aliphatic heterocycles. The van der Waals surface area contributed by atoms with Crippen LogP contribution in [0.3, 0.4) is 0 Å². The van der Waals surface area contributed by atoms with Crippen LogP contribution in [0.15, 0.2) is 12.4 Å². The molecule has 0 aliphatic carbocycles. The molecule has 0 N–H and O–H groups in total. The van der Waals surface area contributed by atoms with E-state index in [2.05, 4.69) is 19.4 Å². The zero-order valence-electron chi connectivity index (χ0n) is 13.8. The average Bonchev–Trinajstić information content (AvgIpc) is 3.21. The summed E-state index contributed by atoms with van der Waals surface area (Å²) in [6.45, 7) is 7.98. The van der Waals surface area contributed by atoms with Crippen molar-refractivity contribution in [2.75, 3.05) is 18.1 Å². The molecule has 6 nitrogen and oxygen atoms in total. The van der Waals surface area contributed by atoms with E-state index in [9.17, 15) is 4.79 Å². The predicted octanol–water partition coefficient (Wildman–Crippen LogP) is 2.80. The normalized spacial score (nSPS) is 17.7. The minimum Gasteiger partial charge on any atom is -0.462 e. The van der Waals surface area contributed by atoms with Gasteiger partial charge in [0.05, 0.1) is 12.3 Å². The summed E-state index contributed by atoms with van der Waals surface area (Å²) >= 11 is 1.44. The highest BCUT2D eigenvalue weighted by Gasteiger charge is 2.29. The lowest BCUT2D eigenvalue weighted by Crippen LogP contribution is -2.33. The number of esters is 1.